The van der Waals surface area contributed by atoms with Gasteiger partial charge in [-0.05, 0) is 19.3 Å². The molecule has 1 fully saturated rings. The van der Waals surface area contributed by atoms with Gasteiger partial charge in [0.05, 0.1) is 0 Å². The third kappa shape index (κ3) is 1.34. The van der Waals surface area contributed by atoms with E-state index in [-0.39, 0.29) is 0 Å². The molecule has 1 aliphatic rings. The summed E-state index contributed by atoms with van der Waals surface area (Å²) in [7, 11) is 0. The standard InChI is InChI=1S/C7H11N3O/c1-2-4-10(5-3-1)7-9-8-6-11-7/h6H,1-5H2. The van der Waals surface area contributed by atoms with E-state index < -0.39 is 0 Å². The maximum atomic E-state index is 5.08. The van der Waals surface area contributed by atoms with Crippen molar-refractivity contribution in [1.29, 1.82) is 0 Å². The molecule has 0 aliphatic carbocycles. The van der Waals surface area contributed by atoms with Crippen LogP contribution in [0.15, 0.2) is 10.8 Å². The summed E-state index contributed by atoms with van der Waals surface area (Å²) in [4.78, 5) is 2.14. The van der Waals surface area contributed by atoms with Crippen LogP contribution >= 0.6 is 0 Å². The van der Waals surface area contributed by atoms with Crippen LogP contribution in [0.2, 0.25) is 0 Å². The number of piperidine rings is 1. The molecule has 0 atom stereocenters. The molecule has 0 unspecified atom stereocenters. The molecule has 1 aliphatic heterocycles. The van der Waals surface area contributed by atoms with Crippen LogP contribution in [0.5, 0.6) is 0 Å². The minimum atomic E-state index is 0.671. The van der Waals surface area contributed by atoms with Crippen LogP contribution in [-0.4, -0.2) is 23.3 Å². The van der Waals surface area contributed by atoms with E-state index in [9.17, 15) is 0 Å². The predicted molar refractivity (Wildman–Crippen MR) is 40.4 cm³/mol. The lowest BCUT2D eigenvalue weighted by atomic mass is 10.1. The molecule has 60 valence electrons. The Kier molecular flexibility index (Phi) is 1.75. The monoisotopic (exact) mass is 153 g/mol. The van der Waals surface area contributed by atoms with Gasteiger partial charge in [-0.1, -0.05) is 5.10 Å². The van der Waals surface area contributed by atoms with Crippen LogP contribution in [0.4, 0.5) is 6.01 Å². The van der Waals surface area contributed by atoms with Gasteiger partial charge in [-0.25, -0.2) is 0 Å². The van der Waals surface area contributed by atoms with Gasteiger partial charge in [0, 0.05) is 13.1 Å². The maximum Gasteiger partial charge on any atom is 0.317 e. The SMILES string of the molecule is c1nnc(N2CCCCC2)o1. The Morgan fingerprint density at radius 3 is 2.73 bits per heavy atom. The van der Waals surface area contributed by atoms with E-state index in [1.807, 2.05) is 0 Å². The Labute approximate surface area is 65.2 Å². The molecule has 1 aromatic heterocycles. The number of aromatic nitrogens is 2. The lowest BCUT2D eigenvalue weighted by Gasteiger charge is -2.23. The van der Waals surface area contributed by atoms with Crippen molar-refractivity contribution in [2.75, 3.05) is 18.0 Å². The molecule has 0 saturated carbocycles. The zero-order valence-electron chi connectivity index (χ0n) is 6.36. The van der Waals surface area contributed by atoms with Crippen LogP contribution in [-0.2, 0) is 0 Å². The fraction of sp³-hybridized carbons (Fsp3) is 0.714. The summed E-state index contributed by atoms with van der Waals surface area (Å²) in [5.41, 5.74) is 0. The number of hydrogen-bond donors (Lipinski definition) is 0. The van der Waals surface area contributed by atoms with Gasteiger partial charge < -0.3 is 9.32 Å². The lowest BCUT2D eigenvalue weighted by Crippen LogP contribution is -2.29. The zero-order chi connectivity index (χ0) is 7.52. The van der Waals surface area contributed by atoms with Crippen molar-refractivity contribution >= 4 is 6.01 Å². The number of rotatable bonds is 1. The van der Waals surface area contributed by atoms with E-state index in [4.69, 9.17) is 4.42 Å². The minimum absolute atomic E-state index is 0.671. The van der Waals surface area contributed by atoms with Crippen molar-refractivity contribution in [2.45, 2.75) is 19.3 Å². The second-order valence-corrected chi connectivity index (χ2v) is 2.77. The molecule has 0 amide bonds. The fourth-order valence-corrected chi connectivity index (χ4v) is 1.39. The molecule has 0 N–H and O–H groups in total. The molecule has 2 rings (SSSR count). The number of anilines is 1. The lowest BCUT2D eigenvalue weighted by molar-refractivity contribution is 0.491. The number of hydrogen-bond acceptors (Lipinski definition) is 4. The highest BCUT2D eigenvalue weighted by atomic mass is 16.4. The van der Waals surface area contributed by atoms with Gasteiger partial charge >= 0.3 is 6.01 Å². The molecule has 0 spiro atoms. The van der Waals surface area contributed by atoms with Crippen molar-refractivity contribution < 1.29 is 4.42 Å². The Balaban J connectivity index is 2.04. The summed E-state index contributed by atoms with van der Waals surface area (Å²) < 4.78 is 5.08. The van der Waals surface area contributed by atoms with Crippen molar-refractivity contribution in [1.82, 2.24) is 10.2 Å². The molecule has 2 heterocycles. The molecule has 4 nitrogen and oxygen atoms in total. The first-order valence-electron chi connectivity index (χ1n) is 3.98. The van der Waals surface area contributed by atoms with Crippen molar-refractivity contribution in [2.24, 2.45) is 0 Å². The first kappa shape index (κ1) is 6.64. The van der Waals surface area contributed by atoms with E-state index >= 15 is 0 Å². The summed E-state index contributed by atoms with van der Waals surface area (Å²) in [5.74, 6) is 0. The summed E-state index contributed by atoms with van der Waals surface area (Å²) in [6.45, 7) is 2.12. The average molecular weight is 153 g/mol. The highest BCUT2D eigenvalue weighted by molar-refractivity contribution is 5.23. The quantitative estimate of drug-likeness (QED) is 0.605. The van der Waals surface area contributed by atoms with Crippen molar-refractivity contribution in [3.63, 3.8) is 0 Å². The Hall–Kier alpha value is -1.06. The highest BCUT2D eigenvalue weighted by Crippen LogP contribution is 2.15. The van der Waals surface area contributed by atoms with Gasteiger partial charge in [-0.3, -0.25) is 0 Å². The summed E-state index contributed by atoms with van der Waals surface area (Å²) in [5, 5.41) is 7.49. The zero-order valence-corrected chi connectivity index (χ0v) is 6.36. The molecule has 0 aromatic carbocycles. The molecule has 1 saturated heterocycles. The van der Waals surface area contributed by atoms with Gasteiger partial charge in [0.1, 0.15) is 0 Å². The normalized spacial score (nSPS) is 18.7. The first-order valence-corrected chi connectivity index (χ1v) is 3.98. The van der Waals surface area contributed by atoms with Gasteiger partial charge in [0.2, 0.25) is 6.39 Å². The smallest absolute Gasteiger partial charge is 0.317 e. The van der Waals surface area contributed by atoms with Crippen LogP contribution in [0.3, 0.4) is 0 Å². The number of nitrogens with zero attached hydrogens (tertiary/aromatic N) is 3. The summed E-state index contributed by atoms with van der Waals surface area (Å²) in [6.07, 6.45) is 5.18. The third-order valence-electron chi connectivity index (χ3n) is 1.98. The van der Waals surface area contributed by atoms with E-state index in [1.54, 1.807) is 0 Å². The minimum Gasteiger partial charge on any atom is -0.411 e. The average Bonchev–Trinajstić information content (AvgIpc) is 2.58. The Morgan fingerprint density at radius 1 is 1.27 bits per heavy atom. The molecule has 0 radical (unpaired) electrons. The van der Waals surface area contributed by atoms with Crippen LogP contribution in [0.1, 0.15) is 19.3 Å². The van der Waals surface area contributed by atoms with E-state index in [2.05, 4.69) is 15.1 Å². The van der Waals surface area contributed by atoms with E-state index in [1.165, 1.54) is 25.7 Å². The molecule has 4 heteroatoms. The topological polar surface area (TPSA) is 42.2 Å². The molecule has 0 bridgehead atoms. The van der Waals surface area contributed by atoms with Gasteiger partial charge in [0.15, 0.2) is 0 Å². The van der Waals surface area contributed by atoms with Crippen LogP contribution < -0.4 is 4.90 Å². The van der Waals surface area contributed by atoms with Gasteiger partial charge in [-0.15, -0.1) is 5.10 Å². The van der Waals surface area contributed by atoms with E-state index in [0.717, 1.165) is 13.1 Å². The largest absolute Gasteiger partial charge is 0.411 e. The van der Waals surface area contributed by atoms with Gasteiger partial charge in [-0.2, -0.15) is 0 Å². The first-order chi connectivity index (χ1) is 5.47. The third-order valence-corrected chi connectivity index (χ3v) is 1.98. The second kappa shape index (κ2) is 2.90. The molecule has 11 heavy (non-hydrogen) atoms. The maximum absolute atomic E-state index is 5.08. The second-order valence-electron chi connectivity index (χ2n) is 2.77. The summed E-state index contributed by atoms with van der Waals surface area (Å²) in [6, 6.07) is 0.671. The van der Waals surface area contributed by atoms with Crippen LogP contribution in [0.25, 0.3) is 0 Å². The Morgan fingerprint density at radius 2 is 2.09 bits per heavy atom. The summed E-state index contributed by atoms with van der Waals surface area (Å²) >= 11 is 0. The fourth-order valence-electron chi connectivity index (χ4n) is 1.39. The molecular formula is C7H11N3O. The van der Waals surface area contributed by atoms with E-state index in [0.29, 0.717) is 6.01 Å². The highest BCUT2D eigenvalue weighted by Gasteiger charge is 2.13. The van der Waals surface area contributed by atoms with Crippen LogP contribution in [0, 0.1) is 0 Å². The predicted octanol–water partition coefficient (Wildman–Crippen LogP) is 1.06. The van der Waals surface area contributed by atoms with Gasteiger partial charge in [0.25, 0.3) is 0 Å². The molecular weight excluding hydrogens is 142 g/mol. The van der Waals surface area contributed by atoms with Crippen molar-refractivity contribution in [3.05, 3.63) is 6.39 Å². The Bertz CT molecular complexity index is 203. The van der Waals surface area contributed by atoms with Crippen molar-refractivity contribution in [3.8, 4) is 0 Å². The molecule has 1 aromatic rings.